The van der Waals surface area contributed by atoms with Crippen LogP contribution in [0.2, 0.25) is 0 Å². The quantitative estimate of drug-likeness (QED) is 0.668. The molecule has 0 bridgehead atoms. The second-order valence-corrected chi connectivity index (χ2v) is 6.69. The molecule has 6 heteroatoms. The van der Waals surface area contributed by atoms with Crippen molar-refractivity contribution < 1.29 is 14.5 Å². The van der Waals surface area contributed by atoms with Crippen molar-refractivity contribution in [2.45, 2.75) is 25.3 Å². The number of thiophene rings is 1. The third-order valence-corrected chi connectivity index (χ3v) is 5.17. The topological polar surface area (TPSA) is 76.6 Å². The molecule has 108 valence electrons. The van der Waals surface area contributed by atoms with Crippen LogP contribution in [0.15, 0.2) is 11.4 Å². The minimum atomic E-state index is -0.495. The van der Waals surface area contributed by atoms with Gasteiger partial charge >= 0.3 is 0 Å². The third-order valence-electron chi connectivity index (χ3n) is 4.17. The Morgan fingerprint density at radius 2 is 2.25 bits per heavy atom. The Morgan fingerprint density at radius 3 is 2.95 bits per heavy atom. The van der Waals surface area contributed by atoms with Gasteiger partial charge in [-0.1, -0.05) is 0 Å². The molecule has 1 aliphatic carbocycles. The lowest BCUT2D eigenvalue weighted by Gasteiger charge is -2.32. The molecule has 1 unspecified atom stereocenters. The summed E-state index contributed by atoms with van der Waals surface area (Å²) < 4.78 is 0. The first-order valence-electron chi connectivity index (χ1n) is 7.11. The molecule has 0 aromatic carbocycles. The second kappa shape index (κ2) is 5.54. The molecular weight excluding hydrogens is 274 g/mol. The van der Waals surface area contributed by atoms with Gasteiger partial charge in [0.2, 0.25) is 5.91 Å². The standard InChI is InChI=1S/C14H19N3O2S/c15-12(18)7-16-13(19)8-17-5-3-11-10(4-6-20-11)14(17)9-1-2-9/h4,6,9,14H,1-3,5,7-8H2,(H2,15,18)(H,16,19)/p+1/t14-/m1/s1. The molecule has 4 N–H and O–H groups in total. The van der Waals surface area contributed by atoms with E-state index in [9.17, 15) is 9.59 Å². The summed E-state index contributed by atoms with van der Waals surface area (Å²) in [6, 6.07) is 2.69. The summed E-state index contributed by atoms with van der Waals surface area (Å²) in [4.78, 5) is 25.4. The fraction of sp³-hybridized carbons (Fsp3) is 0.571. The van der Waals surface area contributed by atoms with Gasteiger partial charge in [0.15, 0.2) is 6.54 Å². The number of hydrogen-bond acceptors (Lipinski definition) is 3. The third kappa shape index (κ3) is 2.86. The van der Waals surface area contributed by atoms with Crippen LogP contribution in [-0.4, -0.2) is 31.4 Å². The number of rotatable bonds is 5. The molecule has 5 nitrogen and oxygen atoms in total. The maximum absolute atomic E-state index is 11.9. The van der Waals surface area contributed by atoms with Gasteiger partial charge < -0.3 is 16.0 Å². The molecule has 2 amide bonds. The SMILES string of the molecule is NC(=O)CNC(=O)C[NH+]1CCc2sccc2[C@H]1C1CC1. The Bertz CT molecular complexity index is 524. The van der Waals surface area contributed by atoms with Gasteiger partial charge in [0.05, 0.1) is 13.1 Å². The van der Waals surface area contributed by atoms with Crippen molar-refractivity contribution in [2.75, 3.05) is 19.6 Å². The summed E-state index contributed by atoms with van der Waals surface area (Å²) in [6.07, 6.45) is 3.59. The van der Waals surface area contributed by atoms with E-state index in [1.807, 2.05) is 11.3 Å². The number of hydrogen-bond donors (Lipinski definition) is 3. The van der Waals surface area contributed by atoms with Crippen molar-refractivity contribution in [3.8, 4) is 0 Å². The fourth-order valence-electron chi connectivity index (χ4n) is 3.15. The molecule has 20 heavy (non-hydrogen) atoms. The van der Waals surface area contributed by atoms with E-state index in [2.05, 4.69) is 16.8 Å². The molecule has 0 radical (unpaired) electrons. The number of amides is 2. The summed E-state index contributed by atoms with van der Waals surface area (Å²) in [7, 11) is 0. The highest BCUT2D eigenvalue weighted by atomic mass is 32.1. The monoisotopic (exact) mass is 294 g/mol. The zero-order valence-electron chi connectivity index (χ0n) is 11.4. The van der Waals surface area contributed by atoms with E-state index >= 15 is 0 Å². The zero-order valence-corrected chi connectivity index (χ0v) is 12.2. The van der Waals surface area contributed by atoms with Gasteiger partial charge in [0.1, 0.15) is 6.04 Å². The highest BCUT2D eigenvalue weighted by molar-refractivity contribution is 7.10. The van der Waals surface area contributed by atoms with Crippen LogP contribution in [0.3, 0.4) is 0 Å². The number of primary amides is 1. The number of quaternary nitrogens is 1. The van der Waals surface area contributed by atoms with Crippen molar-refractivity contribution in [3.05, 3.63) is 21.9 Å². The fourth-order valence-corrected chi connectivity index (χ4v) is 4.08. The molecule has 3 rings (SSSR count). The van der Waals surface area contributed by atoms with Crippen LogP contribution in [0, 0.1) is 5.92 Å². The van der Waals surface area contributed by atoms with E-state index < -0.39 is 5.91 Å². The molecule has 1 aromatic heterocycles. The molecule has 1 aromatic rings. The predicted molar refractivity (Wildman–Crippen MR) is 76.4 cm³/mol. The zero-order chi connectivity index (χ0) is 14.1. The average molecular weight is 294 g/mol. The molecule has 2 atom stereocenters. The maximum atomic E-state index is 11.9. The molecule has 2 aliphatic rings. The van der Waals surface area contributed by atoms with Crippen LogP contribution in [0.25, 0.3) is 0 Å². The number of nitrogens with two attached hydrogens (primary N) is 1. The molecular formula is C14H20N3O2S+. The van der Waals surface area contributed by atoms with E-state index in [0.29, 0.717) is 12.6 Å². The van der Waals surface area contributed by atoms with Gasteiger partial charge in [0, 0.05) is 22.8 Å². The van der Waals surface area contributed by atoms with Gasteiger partial charge in [-0.05, 0) is 24.3 Å². The van der Waals surface area contributed by atoms with Crippen LogP contribution in [0.1, 0.15) is 29.3 Å². The smallest absolute Gasteiger partial charge is 0.275 e. The summed E-state index contributed by atoms with van der Waals surface area (Å²) in [5.41, 5.74) is 6.50. The van der Waals surface area contributed by atoms with E-state index in [1.54, 1.807) is 0 Å². The Balaban J connectivity index is 1.67. The highest BCUT2D eigenvalue weighted by Crippen LogP contribution is 2.42. The van der Waals surface area contributed by atoms with Gasteiger partial charge in [-0.15, -0.1) is 11.3 Å². The number of carbonyl (C=O) groups is 2. The lowest BCUT2D eigenvalue weighted by atomic mass is 9.96. The van der Waals surface area contributed by atoms with Crippen molar-refractivity contribution in [3.63, 3.8) is 0 Å². The van der Waals surface area contributed by atoms with Crippen LogP contribution >= 0.6 is 11.3 Å². The summed E-state index contributed by atoms with van der Waals surface area (Å²) in [5.74, 6) is 0.150. The van der Waals surface area contributed by atoms with Crippen LogP contribution in [0.4, 0.5) is 0 Å². The Morgan fingerprint density at radius 1 is 1.45 bits per heavy atom. The largest absolute Gasteiger partial charge is 0.368 e. The first kappa shape index (κ1) is 13.6. The lowest BCUT2D eigenvalue weighted by molar-refractivity contribution is -0.928. The van der Waals surface area contributed by atoms with Crippen molar-refractivity contribution >= 4 is 23.2 Å². The normalized spacial score (nSPS) is 25.0. The van der Waals surface area contributed by atoms with Crippen LogP contribution < -0.4 is 16.0 Å². The van der Waals surface area contributed by atoms with Crippen molar-refractivity contribution in [1.82, 2.24) is 5.32 Å². The molecule has 1 aliphatic heterocycles. The van der Waals surface area contributed by atoms with Gasteiger partial charge in [0.25, 0.3) is 5.91 Å². The van der Waals surface area contributed by atoms with Gasteiger partial charge in [-0.3, -0.25) is 9.59 Å². The molecule has 1 saturated carbocycles. The van der Waals surface area contributed by atoms with E-state index in [4.69, 9.17) is 5.73 Å². The minimum Gasteiger partial charge on any atom is -0.368 e. The van der Waals surface area contributed by atoms with Gasteiger partial charge in [-0.2, -0.15) is 0 Å². The van der Waals surface area contributed by atoms with E-state index in [1.165, 1.54) is 28.2 Å². The first-order valence-corrected chi connectivity index (χ1v) is 7.99. The first-order chi connectivity index (χ1) is 9.65. The molecule has 2 heterocycles. The maximum Gasteiger partial charge on any atom is 0.275 e. The Labute approximate surface area is 122 Å². The minimum absolute atomic E-state index is 0.0656. The number of nitrogens with one attached hydrogen (secondary N) is 2. The summed E-state index contributed by atoms with van der Waals surface area (Å²) in [6.45, 7) is 1.37. The molecule has 0 spiro atoms. The second-order valence-electron chi connectivity index (χ2n) is 5.69. The molecule has 0 saturated heterocycles. The lowest BCUT2D eigenvalue weighted by Crippen LogP contribution is -3.14. The van der Waals surface area contributed by atoms with Crippen molar-refractivity contribution in [2.24, 2.45) is 11.7 Å². The molecule has 1 fully saturated rings. The Kier molecular flexibility index (Phi) is 3.76. The van der Waals surface area contributed by atoms with Gasteiger partial charge in [-0.25, -0.2) is 0 Å². The summed E-state index contributed by atoms with van der Waals surface area (Å²) in [5, 5.41) is 4.76. The van der Waals surface area contributed by atoms with E-state index in [0.717, 1.165) is 18.9 Å². The Hall–Kier alpha value is -1.40. The highest BCUT2D eigenvalue weighted by Gasteiger charge is 2.43. The predicted octanol–water partition coefficient (Wildman–Crippen LogP) is -0.758. The number of fused-ring (bicyclic) bond motifs is 1. The van der Waals surface area contributed by atoms with Crippen molar-refractivity contribution in [1.29, 1.82) is 0 Å². The summed E-state index contributed by atoms with van der Waals surface area (Å²) >= 11 is 1.83. The van der Waals surface area contributed by atoms with Crippen LogP contribution in [-0.2, 0) is 16.0 Å². The van der Waals surface area contributed by atoms with Crippen LogP contribution in [0.5, 0.6) is 0 Å². The number of carbonyl (C=O) groups excluding carboxylic acids is 2. The van der Waals surface area contributed by atoms with E-state index in [-0.39, 0.29) is 12.5 Å². The average Bonchev–Trinajstić information content (AvgIpc) is 3.13.